The second kappa shape index (κ2) is 12.4. The van der Waals surface area contributed by atoms with E-state index in [0.29, 0.717) is 12.2 Å². The summed E-state index contributed by atoms with van der Waals surface area (Å²) in [7, 11) is -4.37. The van der Waals surface area contributed by atoms with Crippen LogP contribution in [-0.4, -0.2) is 58.6 Å². The van der Waals surface area contributed by atoms with Gasteiger partial charge >= 0.3 is 5.97 Å². The van der Waals surface area contributed by atoms with Gasteiger partial charge in [-0.3, -0.25) is 9.59 Å². The highest BCUT2D eigenvalue weighted by Crippen LogP contribution is 2.31. The van der Waals surface area contributed by atoms with Crippen LogP contribution in [0.5, 0.6) is 5.75 Å². The molecule has 0 aliphatic carbocycles. The average molecular weight is 563 g/mol. The summed E-state index contributed by atoms with van der Waals surface area (Å²) in [6.07, 6.45) is -1.05. The molecule has 1 unspecified atom stereocenters. The zero-order valence-electron chi connectivity index (χ0n) is 21.4. The van der Waals surface area contributed by atoms with E-state index in [1.807, 2.05) is 28.8 Å². The van der Waals surface area contributed by atoms with E-state index in [-0.39, 0.29) is 28.1 Å². The third kappa shape index (κ3) is 7.55. The number of carbonyl (C=O) groups is 3. The number of anilines is 1. The van der Waals surface area contributed by atoms with Crippen molar-refractivity contribution in [1.29, 1.82) is 0 Å². The molecule has 0 fully saturated rings. The first-order valence-electron chi connectivity index (χ1n) is 11.8. The fourth-order valence-corrected chi connectivity index (χ4v) is 5.87. The van der Waals surface area contributed by atoms with Crippen LogP contribution in [-0.2, 0) is 31.0 Å². The van der Waals surface area contributed by atoms with Crippen LogP contribution in [0.3, 0.4) is 0 Å². The number of rotatable bonds is 13. The predicted octanol–water partition coefficient (Wildman–Crippen LogP) is 3.28. The highest BCUT2D eigenvalue weighted by atomic mass is 32.2. The summed E-state index contributed by atoms with van der Waals surface area (Å²) >= 11 is 1.59. The summed E-state index contributed by atoms with van der Waals surface area (Å²) in [5.41, 5.74) is 2.02. The van der Waals surface area contributed by atoms with Crippen LogP contribution < -0.4 is 14.8 Å². The van der Waals surface area contributed by atoms with E-state index in [9.17, 15) is 22.8 Å². The molecule has 13 heteroatoms. The number of carboxylic acids is 1. The molecule has 11 nitrogen and oxygen atoms in total. The Morgan fingerprint density at radius 2 is 1.89 bits per heavy atom. The van der Waals surface area contributed by atoms with Crippen LogP contribution in [0, 0.1) is 0 Å². The van der Waals surface area contributed by atoms with E-state index in [4.69, 9.17) is 14.8 Å². The van der Waals surface area contributed by atoms with E-state index in [0.717, 1.165) is 16.2 Å². The summed E-state index contributed by atoms with van der Waals surface area (Å²) in [4.78, 5) is 38.3. The topological polar surface area (TPSA) is 157 Å². The van der Waals surface area contributed by atoms with Gasteiger partial charge in [-0.25, -0.2) is 18.1 Å². The Morgan fingerprint density at radius 1 is 1.18 bits per heavy atom. The number of ether oxygens (including phenoxy) is 1. The summed E-state index contributed by atoms with van der Waals surface area (Å²) in [6, 6.07) is 10.2. The van der Waals surface area contributed by atoms with Gasteiger partial charge in [0.25, 0.3) is 0 Å². The number of aliphatic carboxylic acids is 1. The fraction of sp³-hybridized carbons (Fsp3) is 0.360. The highest BCUT2D eigenvalue weighted by molar-refractivity contribution is 7.99. The van der Waals surface area contributed by atoms with Crippen molar-refractivity contribution >= 4 is 56.7 Å². The lowest BCUT2D eigenvalue weighted by Gasteiger charge is -2.21. The number of aromatic nitrogens is 2. The van der Waals surface area contributed by atoms with Crippen molar-refractivity contribution in [1.82, 2.24) is 14.3 Å². The van der Waals surface area contributed by atoms with Gasteiger partial charge in [0, 0.05) is 23.9 Å². The van der Waals surface area contributed by atoms with Gasteiger partial charge in [0.2, 0.25) is 15.9 Å². The number of imidazole rings is 1. The highest BCUT2D eigenvalue weighted by Gasteiger charge is 2.27. The molecule has 1 aromatic heterocycles. The summed E-state index contributed by atoms with van der Waals surface area (Å²) < 4.78 is 36.5. The number of hydrogen-bond donors (Lipinski definition) is 3. The van der Waals surface area contributed by atoms with Gasteiger partial charge in [-0.1, -0.05) is 37.7 Å². The van der Waals surface area contributed by atoms with E-state index >= 15 is 0 Å². The molecular weight excluding hydrogens is 532 g/mol. The number of fused-ring (bicyclic) bond motifs is 1. The third-order valence-corrected chi connectivity index (χ3v) is 7.67. The van der Waals surface area contributed by atoms with Crippen molar-refractivity contribution in [2.24, 2.45) is 0 Å². The first kappa shape index (κ1) is 29.1. The molecule has 3 aromatic rings. The van der Waals surface area contributed by atoms with E-state index in [1.54, 1.807) is 18.7 Å². The molecule has 0 spiro atoms. The molecule has 0 radical (unpaired) electrons. The number of nitrogens with zero attached hydrogens (tertiary/aromatic N) is 2. The van der Waals surface area contributed by atoms with Crippen LogP contribution >= 0.6 is 11.8 Å². The zero-order chi connectivity index (χ0) is 28.0. The van der Waals surface area contributed by atoms with Crippen molar-refractivity contribution in [3.63, 3.8) is 0 Å². The normalized spacial score (nSPS) is 13.3. The van der Waals surface area contributed by atoms with E-state index in [2.05, 4.69) is 23.9 Å². The predicted molar refractivity (Wildman–Crippen MR) is 144 cm³/mol. The molecule has 0 bridgehead atoms. The first-order valence-corrected chi connectivity index (χ1v) is 14.2. The van der Waals surface area contributed by atoms with Crippen molar-refractivity contribution in [3.8, 4) is 5.75 Å². The van der Waals surface area contributed by atoms with Gasteiger partial charge in [-0.05, 0) is 31.2 Å². The molecule has 38 heavy (non-hydrogen) atoms. The fourth-order valence-electron chi connectivity index (χ4n) is 3.71. The number of thioether (sulfide) groups is 1. The minimum absolute atomic E-state index is 0.0706. The average Bonchev–Trinajstić information content (AvgIpc) is 3.13. The minimum Gasteiger partial charge on any atom is -0.487 e. The third-order valence-electron chi connectivity index (χ3n) is 5.15. The number of carbonyl (C=O) groups excluding carboxylic acids is 2. The Kier molecular flexibility index (Phi) is 9.52. The molecule has 0 aliphatic heterocycles. The number of para-hydroxylation sites is 2. The molecule has 3 N–H and O–H groups in total. The molecule has 204 valence electrons. The minimum atomic E-state index is -4.37. The molecule has 2 atom stereocenters. The van der Waals surface area contributed by atoms with Crippen LogP contribution in [0.4, 0.5) is 5.69 Å². The molecule has 1 amide bonds. The summed E-state index contributed by atoms with van der Waals surface area (Å²) in [5, 5.41) is 12.6. The molecular formula is C25H30N4O7S2. The monoisotopic (exact) mass is 562 g/mol. The van der Waals surface area contributed by atoms with Crippen LogP contribution in [0.15, 0.2) is 52.5 Å². The summed E-state index contributed by atoms with van der Waals surface area (Å²) in [6.45, 7) is 7.54. The van der Waals surface area contributed by atoms with Crippen molar-refractivity contribution < 1.29 is 32.6 Å². The number of aldehydes is 1. The number of sulfonamides is 1. The smallest absolute Gasteiger partial charge is 0.305 e. The maximum atomic E-state index is 13.1. The second-order valence-corrected chi connectivity index (χ2v) is 12.1. The molecule has 0 saturated heterocycles. The Labute approximate surface area is 225 Å². The Morgan fingerprint density at radius 3 is 2.53 bits per heavy atom. The maximum Gasteiger partial charge on any atom is 0.305 e. The Bertz CT molecular complexity index is 1440. The Hall–Kier alpha value is -3.42. The number of hydrogen-bond acceptors (Lipinski definition) is 8. The van der Waals surface area contributed by atoms with Crippen LogP contribution in [0.2, 0.25) is 0 Å². The lowest BCUT2D eigenvalue weighted by molar-refractivity contribution is -0.138. The lowest BCUT2D eigenvalue weighted by atomic mass is 10.2. The molecule has 1 heterocycles. The lowest BCUT2D eigenvalue weighted by Crippen LogP contribution is -2.37. The first-order chi connectivity index (χ1) is 17.9. The van der Waals surface area contributed by atoms with Crippen molar-refractivity contribution in [2.75, 3.05) is 5.32 Å². The van der Waals surface area contributed by atoms with Crippen LogP contribution in [0.25, 0.3) is 11.0 Å². The number of amides is 1. The van der Waals surface area contributed by atoms with Crippen molar-refractivity contribution in [3.05, 3.63) is 42.5 Å². The van der Waals surface area contributed by atoms with Gasteiger partial charge in [0.15, 0.2) is 5.16 Å². The SMILES string of the molecule is CC(=O)Nc1ccc(S(=O)(=O)NC(C=O)CC(=O)O)c(O[C@H](C)Cn2c(SC(C)C)nc3ccccc32)c1. The largest absolute Gasteiger partial charge is 0.487 e. The van der Waals surface area contributed by atoms with Gasteiger partial charge in [0.1, 0.15) is 23.0 Å². The van der Waals surface area contributed by atoms with E-state index < -0.39 is 34.6 Å². The molecule has 0 aliphatic rings. The standard InChI is InChI=1S/C25H30N4O7S2/c1-15(2)37-25-27-20-7-5-6-8-21(20)29(25)13-16(3)36-22-11-18(26-17(4)31)9-10-23(22)38(34,35)28-19(14-30)12-24(32)33/h5-11,14-16,19,28H,12-13H2,1-4H3,(H,26,31)(H,32,33)/t16-,19?/m1/s1. The molecule has 3 rings (SSSR count). The number of carboxylic acid groups (broad SMARTS) is 1. The van der Waals surface area contributed by atoms with Crippen LogP contribution in [0.1, 0.15) is 34.1 Å². The summed E-state index contributed by atoms with van der Waals surface area (Å²) in [5.74, 6) is -1.77. The van der Waals surface area contributed by atoms with Gasteiger partial charge in [0.05, 0.1) is 30.0 Å². The van der Waals surface area contributed by atoms with E-state index in [1.165, 1.54) is 25.1 Å². The van der Waals surface area contributed by atoms with Gasteiger partial charge in [-0.15, -0.1) is 0 Å². The quantitative estimate of drug-likeness (QED) is 0.210. The maximum absolute atomic E-state index is 13.1. The number of nitrogens with one attached hydrogen (secondary N) is 2. The van der Waals surface area contributed by atoms with Crippen molar-refractivity contribution in [2.45, 2.75) is 68.1 Å². The molecule has 0 saturated carbocycles. The van der Waals surface area contributed by atoms with Gasteiger partial charge in [-0.2, -0.15) is 0 Å². The second-order valence-electron chi connectivity index (χ2n) is 8.89. The van der Waals surface area contributed by atoms with Gasteiger partial charge < -0.3 is 24.5 Å². The number of benzene rings is 2. The Balaban J connectivity index is 1.96. The molecule has 2 aromatic carbocycles. The zero-order valence-corrected chi connectivity index (χ0v) is 23.0.